The van der Waals surface area contributed by atoms with Gasteiger partial charge in [-0.3, -0.25) is 0 Å². The Morgan fingerprint density at radius 1 is 1.69 bits per heavy atom. The van der Waals surface area contributed by atoms with Crippen molar-refractivity contribution in [2.24, 2.45) is 0 Å². The average molecular weight is 178 g/mol. The first-order valence-electron chi connectivity index (χ1n) is 3.94. The van der Waals surface area contributed by atoms with Gasteiger partial charge < -0.3 is 5.11 Å². The number of rotatable bonds is 3. The van der Waals surface area contributed by atoms with Crippen molar-refractivity contribution in [3.63, 3.8) is 0 Å². The van der Waals surface area contributed by atoms with Crippen molar-refractivity contribution in [2.75, 3.05) is 0 Å². The summed E-state index contributed by atoms with van der Waals surface area (Å²) in [5.74, 6) is -0.902. The number of aliphatic carboxylic acids is 1. The van der Waals surface area contributed by atoms with Gasteiger partial charge in [-0.15, -0.1) is 0 Å². The molecule has 0 atom stereocenters. The molecule has 0 aliphatic heterocycles. The minimum Gasteiger partial charge on any atom is -0.478 e. The van der Waals surface area contributed by atoms with E-state index >= 15 is 0 Å². The molecule has 4 nitrogen and oxygen atoms in total. The van der Waals surface area contributed by atoms with Gasteiger partial charge in [-0.05, 0) is 18.6 Å². The highest BCUT2D eigenvalue weighted by Crippen LogP contribution is 2.06. The maximum Gasteiger partial charge on any atom is 0.331 e. The number of carboxylic acids is 1. The molecular weight excluding hydrogens is 168 g/mol. The van der Waals surface area contributed by atoms with Crippen LogP contribution < -0.4 is 0 Å². The van der Waals surface area contributed by atoms with E-state index in [1.54, 1.807) is 25.3 Å². The second kappa shape index (κ2) is 4.35. The molecule has 13 heavy (non-hydrogen) atoms. The van der Waals surface area contributed by atoms with Gasteiger partial charge in [-0.2, -0.15) is 0 Å². The van der Waals surface area contributed by atoms with E-state index in [-0.39, 0.29) is 0 Å². The molecular formula is C9H10N2O2. The lowest BCUT2D eigenvalue weighted by molar-refractivity contribution is -0.132. The molecule has 1 aromatic heterocycles. The molecule has 0 aliphatic carbocycles. The van der Waals surface area contributed by atoms with E-state index in [0.29, 0.717) is 17.7 Å². The van der Waals surface area contributed by atoms with Crippen molar-refractivity contribution in [3.05, 3.63) is 29.9 Å². The van der Waals surface area contributed by atoms with Crippen molar-refractivity contribution in [2.45, 2.75) is 13.3 Å². The number of aromatic nitrogens is 2. The lowest BCUT2D eigenvalue weighted by Gasteiger charge is -1.96. The van der Waals surface area contributed by atoms with Crippen LogP contribution in [-0.4, -0.2) is 21.0 Å². The Labute approximate surface area is 76.0 Å². The highest BCUT2D eigenvalue weighted by atomic mass is 16.4. The van der Waals surface area contributed by atoms with Gasteiger partial charge in [-0.25, -0.2) is 14.8 Å². The van der Waals surface area contributed by atoms with Crippen LogP contribution in [0.25, 0.3) is 6.08 Å². The fourth-order valence-corrected chi connectivity index (χ4v) is 0.880. The monoisotopic (exact) mass is 178 g/mol. The Bertz CT molecular complexity index is 320. The molecule has 1 aromatic rings. The molecule has 0 aliphatic rings. The van der Waals surface area contributed by atoms with E-state index in [1.165, 1.54) is 6.33 Å². The second-order valence-corrected chi connectivity index (χ2v) is 2.46. The zero-order chi connectivity index (χ0) is 9.68. The first kappa shape index (κ1) is 9.38. The Hall–Kier alpha value is -1.71. The minimum atomic E-state index is -0.902. The quantitative estimate of drug-likeness (QED) is 0.709. The average Bonchev–Trinajstić information content (AvgIpc) is 2.15. The van der Waals surface area contributed by atoms with E-state index < -0.39 is 5.97 Å². The van der Waals surface area contributed by atoms with Crippen molar-refractivity contribution in [1.29, 1.82) is 0 Å². The minimum absolute atomic E-state index is 0.346. The summed E-state index contributed by atoms with van der Waals surface area (Å²) in [5.41, 5.74) is 0.966. The smallest absolute Gasteiger partial charge is 0.331 e. The second-order valence-electron chi connectivity index (χ2n) is 2.46. The fourth-order valence-electron chi connectivity index (χ4n) is 0.880. The van der Waals surface area contributed by atoms with Gasteiger partial charge in [0.1, 0.15) is 6.33 Å². The Morgan fingerprint density at radius 3 is 2.92 bits per heavy atom. The van der Waals surface area contributed by atoms with Gasteiger partial charge >= 0.3 is 5.97 Å². The van der Waals surface area contributed by atoms with Crippen molar-refractivity contribution in [1.82, 2.24) is 9.97 Å². The summed E-state index contributed by atoms with van der Waals surface area (Å²) in [5, 5.41) is 8.72. The van der Waals surface area contributed by atoms with Crippen LogP contribution in [0.5, 0.6) is 0 Å². The molecule has 0 fully saturated rings. The van der Waals surface area contributed by atoms with Gasteiger partial charge in [0.2, 0.25) is 0 Å². The molecule has 0 bridgehead atoms. The van der Waals surface area contributed by atoms with Crippen LogP contribution in [0, 0.1) is 0 Å². The van der Waals surface area contributed by atoms with Gasteiger partial charge in [0.15, 0.2) is 0 Å². The summed E-state index contributed by atoms with van der Waals surface area (Å²) < 4.78 is 0. The highest BCUT2D eigenvalue weighted by molar-refractivity contribution is 5.91. The van der Waals surface area contributed by atoms with Crippen LogP contribution in [0.15, 0.2) is 24.2 Å². The molecule has 0 saturated carbocycles. The van der Waals surface area contributed by atoms with Crippen LogP contribution in [-0.2, 0) is 4.79 Å². The molecule has 68 valence electrons. The zero-order valence-electron chi connectivity index (χ0n) is 7.27. The molecule has 0 radical (unpaired) electrons. The zero-order valence-corrected chi connectivity index (χ0v) is 7.27. The number of hydrogen-bond donors (Lipinski definition) is 1. The molecule has 1 N–H and O–H groups in total. The molecule has 0 aromatic carbocycles. The standard InChI is InChI=1S/C9H10N2O2/c1-2-7(9(12)13)5-8-3-4-10-6-11-8/h3-6H,2H2,1H3,(H,12,13)/b7-5+. The SMILES string of the molecule is CC/C(=C\c1ccncn1)C(=O)O. The summed E-state index contributed by atoms with van der Waals surface area (Å²) in [4.78, 5) is 18.3. The normalized spacial score (nSPS) is 11.3. The van der Waals surface area contributed by atoms with Crippen LogP contribution in [0.1, 0.15) is 19.0 Å². The Kier molecular flexibility index (Phi) is 3.14. The first-order chi connectivity index (χ1) is 6.24. The van der Waals surface area contributed by atoms with Crippen molar-refractivity contribution in [3.8, 4) is 0 Å². The third-order valence-corrected chi connectivity index (χ3v) is 1.58. The molecule has 0 spiro atoms. The number of carbonyl (C=O) groups is 1. The molecule has 0 saturated heterocycles. The van der Waals surface area contributed by atoms with Crippen LogP contribution in [0.2, 0.25) is 0 Å². The predicted octanol–water partition coefficient (Wildman–Crippen LogP) is 1.35. The van der Waals surface area contributed by atoms with Crippen LogP contribution in [0.4, 0.5) is 0 Å². The summed E-state index contributed by atoms with van der Waals surface area (Å²) in [6.07, 6.45) is 5.00. The maximum atomic E-state index is 10.6. The number of carboxylic acid groups (broad SMARTS) is 1. The van der Waals surface area contributed by atoms with E-state index in [1.807, 2.05) is 0 Å². The number of nitrogens with zero attached hydrogens (tertiary/aromatic N) is 2. The largest absolute Gasteiger partial charge is 0.478 e. The summed E-state index contributed by atoms with van der Waals surface area (Å²) in [7, 11) is 0. The predicted molar refractivity (Wildman–Crippen MR) is 47.9 cm³/mol. The van der Waals surface area contributed by atoms with Gasteiger partial charge in [0.25, 0.3) is 0 Å². The maximum absolute atomic E-state index is 10.6. The summed E-state index contributed by atoms with van der Waals surface area (Å²) >= 11 is 0. The van der Waals surface area contributed by atoms with Gasteiger partial charge in [-0.1, -0.05) is 6.92 Å². The van der Waals surface area contributed by atoms with Crippen LogP contribution in [0.3, 0.4) is 0 Å². The van der Waals surface area contributed by atoms with Gasteiger partial charge in [0.05, 0.1) is 5.69 Å². The summed E-state index contributed by atoms with van der Waals surface area (Å²) in [6.45, 7) is 1.79. The third kappa shape index (κ3) is 2.66. The summed E-state index contributed by atoms with van der Waals surface area (Å²) in [6, 6.07) is 1.67. The molecule has 1 heterocycles. The lowest BCUT2D eigenvalue weighted by atomic mass is 10.1. The van der Waals surface area contributed by atoms with Gasteiger partial charge in [0, 0.05) is 11.8 Å². The Balaban J connectivity index is 2.92. The van der Waals surface area contributed by atoms with Crippen molar-refractivity contribution >= 4 is 12.0 Å². The first-order valence-corrected chi connectivity index (χ1v) is 3.94. The number of hydrogen-bond acceptors (Lipinski definition) is 3. The molecule has 4 heteroatoms. The highest BCUT2D eigenvalue weighted by Gasteiger charge is 2.03. The topological polar surface area (TPSA) is 63.1 Å². The van der Waals surface area contributed by atoms with E-state index in [0.717, 1.165) is 0 Å². The van der Waals surface area contributed by atoms with Crippen molar-refractivity contribution < 1.29 is 9.90 Å². The van der Waals surface area contributed by atoms with E-state index in [2.05, 4.69) is 9.97 Å². The van der Waals surface area contributed by atoms with Crippen LogP contribution >= 0.6 is 0 Å². The van der Waals surface area contributed by atoms with E-state index in [4.69, 9.17) is 5.11 Å². The molecule has 0 unspecified atom stereocenters. The third-order valence-electron chi connectivity index (χ3n) is 1.58. The lowest BCUT2D eigenvalue weighted by Crippen LogP contribution is -1.99. The molecule has 0 amide bonds. The van der Waals surface area contributed by atoms with E-state index in [9.17, 15) is 4.79 Å². The molecule has 1 rings (SSSR count). The Morgan fingerprint density at radius 2 is 2.46 bits per heavy atom. The fraction of sp³-hybridized carbons (Fsp3) is 0.222.